The molecule has 1 saturated heterocycles. The van der Waals surface area contributed by atoms with Crippen LogP contribution in [0.5, 0.6) is 0 Å². The Labute approximate surface area is 97.9 Å². The van der Waals surface area contributed by atoms with Crippen molar-refractivity contribution in [3.63, 3.8) is 0 Å². The molecule has 0 aliphatic carbocycles. The molecular weight excluding hydrogens is 206 g/mol. The van der Waals surface area contributed by atoms with Gasteiger partial charge in [0, 0.05) is 13.1 Å². The van der Waals surface area contributed by atoms with Gasteiger partial charge in [0.25, 0.3) is 0 Å². The summed E-state index contributed by atoms with van der Waals surface area (Å²) in [6, 6.07) is 0. The lowest BCUT2D eigenvalue weighted by atomic mass is 9.97. The highest BCUT2D eigenvalue weighted by Crippen LogP contribution is 2.17. The zero-order valence-corrected chi connectivity index (χ0v) is 10.5. The van der Waals surface area contributed by atoms with E-state index in [-0.39, 0.29) is 12.1 Å². The second-order valence-electron chi connectivity index (χ2n) is 5.29. The maximum atomic E-state index is 11.5. The van der Waals surface area contributed by atoms with Crippen LogP contribution < -0.4 is 0 Å². The first-order valence-corrected chi connectivity index (χ1v) is 5.74. The Bertz CT molecular complexity index is 227. The Morgan fingerprint density at radius 3 is 2.38 bits per heavy atom. The van der Waals surface area contributed by atoms with Crippen LogP contribution in [0.2, 0.25) is 0 Å². The molecule has 0 aromatic heterocycles. The van der Waals surface area contributed by atoms with E-state index in [2.05, 4.69) is 12.0 Å². The van der Waals surface area contributed by atoms with Crippen molar-refractivity contribution >= 4 is 5.97 Å². The molecule has 1 heterocycles. The number of piperidine rings is 1. The summed E-state index contributed by atoms with van der Waals surface area (Å²) in [4.78, 5) is 13.7. The fraction of sp³-hybridized carbons (Fsp3) is 0.833. The molecule has 0 saturated carbocycles. The molecule has 4 heteroatoms. The van der Waals surface area contributed by atoms with E-state index in [1.807, 2.05) is 20.8 Å². The fourth-order valence-corrected chi connectivity index (χ4v) is 1.57. The summed E-state index contributed by atoms with van der Waals surface area (Å²) in [6.45, 7) is 7.77. The molecule has 0 amide bonds. The number of hydrogen-bond acceptors (Lipinski definition) is 4. The largest absolute Gasteiger partial charge is 0.449 e. The summed E-state index contributed by atoms with van der Waals surface area (Å²) in [5.74, 6) is -0.150. The monoisotopic (exact) mass is 228 g/mol. The standard InChI is InChI=1S/C12H22NO3/c1-12(2,3)11(14)16-9-13-7-5-10(15-4)6-8-13/h10H,4-9H2,1-3H3. The van der Waals surface area contributed by atoms with Crippen molar-refractivity contribution < 1.29 is 14.3 Å². The van der Waals surface area contributed by atoms with E-state index >= 15 is 0 Å². The summed E-state index contributed by atoms with van der Waals surface area (Å²) >= 11 is 0. The molecule has 0 aromatic carbocycles. The minimum atomic E-state index is -0.422. The van der Waals surface area contributed by atoms with Gasteiger partial charge in [0.2, 0.25) is 0 Å². The normalized spacial score (nSPS) is 19.8. The number of likely N-dealkylation sites (tertiary alicyclic amines) is 1. The summed E-state index contributed by atoms with van der Waals surface area (Å²) in [6.07, 6.45) is 2.17. The van der Waals surface area contributed by atoms with Crippen molar-refractivity contribution in [2.24, 2.45) is 5.41 Å². The number of esters is 1. The third kappa shape index (κ3) is 4.10. The highest BCUT2D eigenvalue weighted by atomic mass is 16.5. The van der Waals surface area contributed by atoms with Crippen molar-refractivity contribution in [2.75, 3.05) is 19.8 Å². The smallest absolute Gasteiger partial charge is 0.312 e. The van der Waals surface area contributed by atoms with Gasteiger partial charge in [-0.3, -0.25) is 9.69 Å². The van der Waals surface area contributed by atoms with E-state index < -0.39 is 5.41 Å². The second kappa shape index (κ2) is 5.64. The van der Waals surface area contributed by atoms with Crippen LogP contribution >= 0.6 is 0 Å². The van der Waals surface area contributed by atoms with Gasteiger partial charge in [-0.05, 0) is 33.6 Å². The van der Waals surface area contributed by atoms with Crippen molar-refractivity contribution in [1.29, 1.82) is 0 Å². The number of carbonyl (C=O) groups excluding carboxylic acids is 1. The van der Waals surface area contributed by atoms with Crippen LogP contribution in [0, 0.1) is 12.5 Å². The van der Waals surface area contributed by atoms with E-state index in [4.69, 9.17) is 9.47 Å². The number of carbonyl (C=O) groups is 1. The number of hydrogen-bond donors (Lipinski definition) is 0. The predicted molar refractivity (Wildman–Crippen MR) is 61.5 cm³/mol. The van der Waals surface area contributed by atoms with Crippen molar-refractivity contribution in [1.82, 2.24) is 4.90 Å². The number of ether oxygens (including phenoxy) is 2. The minimum Gasteiger partial charge on any atom is -0.449 e. The maximum Gasteiger partial charge on any atom is 0.312 e. The summed E-state index contributed by atoms with van der Waals surface area (Å²) in [5, 5.41) is 0. The van der Waals surface area contributed by atoms with Crippen molar-refractivity contribution in [3.8, 4) is 0 Å². The molecule has 4 nitrogen and oxygen atoms in total. The van der Waals surface area contributed by atoms with Gasteiger partial charge in [-0.2, -0.15) is 0 Å². The lowest BCUT2D eigenvalue weighted by molar-refractivity contribution is -0.158. The molecule has 0 atom stereocenters. The Hall–Kier alpha value is -0.610. The molecule has 93 valence electrons. The van der Waals surface area contributed by atoms with Gasteiger partial charge >= 0.3 is 5.97 Å². The molecule has 0 N–H and O–H groups in total. The minimum absolute atomic E-state index is 0.150. The number of nitrogens with zero attached hydrogens (tertiary/aromatic N) is 1. The zero-order valence-electron chi connectivity index (χ0n) is 10.5. The van der Waals surface area contributed by atoms with Gasteiger partial charge in [0.15, 0.2) is 0 Å². The molecule has 0 bridgehead atoms. The molecule has 1 radical (unpaired) electrons. The van der Waals surface area contributed by atoms with Crippen LogP contribution in [0.25, 0.3) is 0 Å². The Morgan fingerprint density at radius 2 is 1.94 bits per heavy atom. The first-order chi connectivity index (χ1) is 7.43. The zero-order chi connectivity index (χ0) is 12.2. The average molecular weight is 228 g/mol. The Kier molecular flexibility index (Phi) is 4.74. The van der Waals surface area contributed by atoms with Crippen LogP contribution in [0.15, 0.2) is 0 Å². The molecule has 1 aliphatic rings. The molecule has 0 spiro atoms. The quantitative estimate of drug-likeness (QED) is 0.690. The maximum absolute atomic E-state index is 11.5. The highest BCUT2D eigenvalue weighted by molar-refractivity contribution is 5.75. The van der Waals surface area contributed by atoms with Crippen LogP contribution in [-0.4, -0.2) is 36.8 Å². The van der Waals surface area contributed by atoms with E-state index in [0.29, 0.717) is 6.73 Å². The van der Waals surface area contributed by atoms with Crippen molar-refractivity contribution in [3.05, 3.63) is 7.11 Å². The topological polar surface area (TPSA) is 38.8 Å². The fourth-order valence-electron chi connectivity index (χ4n) is 1.57. The highest BCUT2D eigenvalue weighted by Gasteiger charge is 2.25. The molecule has 0 unspecified atom stereocenters. The lowest BCUT2D eigenvalue weighted by Crippen LogP contribution is -2.39. The van der Waals surface area contributed by atoms with Crippen LogP contribution in [0.4, 0.5) is 0 Å². The number of rotatable bonds is 3. The Morgan fingerprint density at radius 1 is 1.38 bits per heavy atom. The molecule has 1 fully saturated rings. The van der Waals surface area contributed by atoms with E-state index in [1.165, 1.54) is 0 Å². The first kappa shape index (κ1) is 13.5. The van der Waals surface area contributed by atoms with E-state index in [1.54, 1.807) is 0 Å². The summed E-state index contributed by atoms with van der Waals surface area (Å²) < 4.78 is 10.3. The van der Waals surface area contributed by atoms with E-state index in [9.17, 15) is 4.79 Å². The second-order valence-corrected chi connectivity index (χ2v) is 5.29. The third-order valence-electron chi connectivity index (χ3n) is 2.76. The van der Waals surface area contributed by atoms with Crippen molar-refractivity contribution in [2.45, 2.75) is 39.7 Å². The van der Waals surface area contributed by atoms with Gasteiger partial charge in [-0.25, -0.2) is 0 Å². The van der Waals surface area contributed by atoms with Gasteiger partial charge in [-0.1, -0.05) is 0 Å². The molecule has 1 aliphatic heterocycles. The molecule has 0 aromatic rings. The lowest BCUT2D eigenvalue weighted by Gasteiger charge is -2.31. The molecule has 1 rings (SSSR count). The first-order valence-electron chi connectivity index (χ1n) is 5.74. The Balaban J connectivity index is 2.22. The van der Waals surface area contributed by atoms with Gasteiger partial charge in [0.1, 0.15) is 6.73 Å². The van der Waals surface area contributed by atoms with Crippen LogP contribution in [0.3, 0.4) is 0 Å². The summed E-state index contributed by atoms with van der Waals surface area (Å²) in [5.41, 5.74) is -0.422. The van der Waals surface area contributed by atoms with Gasteiger partial charge in [-0.15, -0.1) is 0 Å². The average Bonchev–Trinajstić information content (AvgIpc) is 2.25. The molecule has 16 heavy (non-hydrogen) atoms. The molecular formula is C12H22NO3. The van der Waals surface area contributed by atoms with Crippen LogP contribution in [0.1, 0.15) is 33.6 Å². The van der Waals surface area contributed by atoms with E-state index in [0.717, 1.165) is 25.9 Å². The third-order valence-corrected chi connectivity index (χ3v) is 2.76. The SMILES string of the molecule is [CH2]OC1CCN(COC(=O)C(C)(C)C)CC1. The van der Waals surface area contributed by atoms with Gasteiger partial charge in [0.05, 0.1) is 18.6 Å². The van der Waals surface area contributed by atoms with Crippen LogP contribution in [-0.2, 0) is 14.3 Å². The predicted octanol–water partition coefficient (Wildman–Crippen LogP) is 1.81. The van der Waals surface area contributed by atoms with Gasteiger partial charge < -0.3 is 9.47 Å². The summed E-state index contributed by atoms with van der Waals surface area (Å²) in [7, 11) is 3.44.